The van der Waals surface area contributed by atoms with Gasteiger partial charge in [-0.2, -0.15) is 0 Å². The molecule has 2 rings (SSSR count). The van der Waals surface area contributed by atoms with Crippen molar-refractivity contribution in [2.75, 3.05) is 13.1 Å². The maximum Gasteiger partial charge on any atom is 0.117 e. The van der Waals surface area contributed by atoms with Crippen molar-refractivity contribution in [2.24, 2.45) is 5.73 Å². The lowest BCUT2D eigenvalue weighted by molar-refractivity contribution is 0.242. The molecule has 4 nitrogen and oxygen atoms in total. The van der Waals surface area contributed by atoms with E-state index in [9.17, 15) is 0 Å². The quantitative estimate of drug-likeness (QED) is 0.821. The summed E-state index contributed by atoms with van der Waals surface area (Å²) >= 11 is 0. The van der Waals surface area contributed by atoms with Crippen molar-refractivity contribution in [1.82, 2.24) is 9.88 Å². The molecule has 2 aromatic rings. The van der Waals surface area contributed by atoms with Crippen LogP contribution in [0.3, 0.4) is 0 Å². The van der Waals surface area contributed by atoms with Crippen LogP contribution in [0.5, 0.6) is 0 Å². The molecule has 0 aliphatic carbocycles. The van der Waals surface area contributed by atoms with Crippen molar-refractivity contribution in [3.05, 3.63) is 54.2 Å². The van der Waals surface area contributed by atoms with Gasteiger partial charge in [-0.3, -0.25) is 9.88 Å². The van der Waals surface area contributed by atoms with Crippen LogP contribution in [0.4, 0.5) is 0 Å². The van der Waals surface area contributed by atoms with Crippen LogP contribution in [0.25, 0.3) is 0 Å². The Labute approximate surface area is 101 Å². The van der Waals surface area contributed by atoms with Crippen LogP contribution in [0.1, 0.15) is 11.3 Å². The summed E-state index contributed by atoms with van der Waals surface area (Å²) in [6, 6.07) is 7.90. The van der Waals surface area contributed by atoms with E-state index in [4.69, 9.17) is 10.2 Å². The molecule has 17 heavy (non-hydrogen) atoms. The number of nitrogens with zero attached hydrogens (tertiary/aromatic N) is 2. The van der Waals surface area contributed by atoms with E-state index in [1.54, 1.807) is 12.5 Å². The normalized spacial score (nSPS) is 10.9. The molecule has 90 valence electrons. The van der Waals surface area contributed by atoms with Crippen LogP contribution in [-0.4, -0.2) is 23.0 Å². The maximum atomic E-state index is 5.62. The van der Waals surface area contributed by atoms with Crippen LogP contribution in [0.15, 0.2) is 47.3 Å². The second-order valence-corrected chi connectivity index (χ2v) is 3.94. The van der Waals surface area contributed by atoms with E-state index in [1.807, 2.05) is 24.4 Å². The summed E-state index contributed by atoms with van der Waals surface area (Å²) in [5.41, 5.74) is 6.81. The first-order valence-corrected chi connectivity index (χ1v) is 5.72. The number of rotatable bonds is 6. The van der Waals surface area contributed by atoms with Gasteiger partial charge in [-0.05, 0) is 23.8 Å². The van der Waals surface area contributed by atoms with E-state index < -0.39 is 0 Å². The topological polar surface area (TPSA) is 55.3 Å². The first-order valence-electron chi connectivity index (χ1n) is 5.72. The lowest BCUT2D eigenvalue weighted by Gasteiger charge is -2.20. The van der Waals surface area contributed by atoms with Gasteiger partial charge >= 0.3 is 0 Å². The van der Waals surface area contributed by atoms with Crippen molar-refractivity contribution < 1.29 is 4.42 Å². The Balaban J connectivity index is 1.97. The maximum absolute atomic E-state index is 5.62. The van der Waals surface area contributed by atoms with Gasteiger partial charge in [-0.15, -0.1) is 0 Å². The minimum atomic E-state index is 0.640. The third-order valence-electron chi connectivity index (χ3n) is 2.53. The van der Waals surface area contributed by atoms with Gasteiger partial charge < -0.3 is 10.2 Å². The van der Waals surface area contributed by atoms with Crippen molar-refractivity contribution in [2.45, 2.75) is 13.1 Å². The molecule has 0 saturated carbocycles. The van der Waals surface area contributed by atoms with E-state index in [1.165, 1.54) is 5.56 Å². The predicted octanol–water partition coefficient (Wildman–Crippen LogP) is 1.64. The van der Waals surface area contributed by atoms with Crippen LogP contribution < -0.4 is 5.73 Å². The van der Waals surface area contributed by atoms with Gasteiger partial charge in [-0.25, -0.2) is 0 Å². The zero-order valence-corrected chi connectivity index (χ0v) is 9.75. The van der Waals surface area contributed by atoms with E-state index in [2.05, 4.69) is 16.0 Å². The van der Waals surface area contributed by atoms with Gasteiger partial charge in [-0.1, -0.05) is 6.07 Å². The average Bonchev–Trinajstić information content (AvgIpc) is 2.83. The SMILES string of the molecule is NCCN(Cc1cccnc1)Cc1ccco1. The molecule has 0 fully saturated rings. The number of hydrogen-bond donors (Lipinski definition) is 1. The van der Waals surface area contributed by atoms with Gasteiger partial charge in [0.05, 0.1) is 12.8 Å². The number of nitrogens with two attached hydrogens (primary N) is 1. The molecular formula is C13H17N3O. The number of aromatic nitrogens is 1. The Morgan fingerprint density at radius 1 is 1.24 bits per heavy atom. The third-order valence-corrected chi connectivity index (χ3v) is 2.53. The number of pyridine rings is 1. The molecule has 0 saturated heterocycles. The second-order valence-electron chi connectivity index (χ2n) is 3.94. The molecule has 0 amide bonds. The molecule has 0 atom stereocenters. The summed E-state index contributed by atoms with van der Waals surface area (Å²) in [6.45, 7) is 3.10. The molecule has 0 bridgehead atoms. The molecule has 0 unspecified atom stereocenters. The van der Waals surface area contributed by atoms with Crippen LogP contribution in [0.2, 0.25) is 0 Å². The monoisotopic (exact) mass is 231 g/mol. The Kier molecular flexibility index (Phi) is 4.30. The highest BCUT2D eigenvalue weighted by molar-refractivity contribution is 5.08. The Morgan fingerprint density at radius 2 is 2.18 bits per heavy atom. The number of furan rings is 1. The molecule has 0 aliphatic heterocycles. The predicted molar refractivity (Wildman–Crippen MR) is 66.1 cm³/mol. The van der Waals surface area contributed by atoms with E-state index in [0.717, 1.165) is 25.4 Å². The summed E-state index contributed by atoms with van der Waals surface area (Å²) in [7, 11) is 0. The second kappa shape index (κ2) is 6.18. The van der Waals surface area contributed by atoms with Gasteiger partial charge in [0, 0.05) is 32.0 Å². The van der Waals surface area contributed by atoms with Gasteiger partial charge in [0.1, 0.15) is 5.76 Å². The summed E-state index contributed by atoms with van der Waals surface area (Å²) in [4.78, 5) is 6.36. The smallest absolute Gasteiger partial charge is 0.117 e. The molecule has 2 N–H and O–H groups in total. The van der Waals surface area contributed by atoms with Gasteiger partial charge in [0.2, 0.25) is 0 Å². The highest BCUT2D eigenvalue weighted by Gasteiger charge is 2.07. The van der Waals surface area contributed by atoms with E-state index in [-0.39, 0.29) is 0 Å². The zero-order valence-electron chi connectivity index (χ0n) is 9.75. The molecule has 0 aromatic carbocycles. The molecule has 2 aromatic heterocycles. The summed E-state index contributed by atoms with van der Waals surface area (Å²) in [5.74, 6) is 0.961. The molecule has 0 aliphatic rings. The average molecular weight is 231 g/mol. The van der Waals surface area contributed by atoms with Crippen molar-refractivity contribution in [3.63, 3.8) is 0 Å². The van der Waals surface area contributed by atoms with Crippen molar-refractivity contribution >= 4 is 0 Å². The minimum absolute atomic E-state index is 0.640. The standard InChI is InChI=1S/C13H17N3O/c14-5-7-16(11-13-4-2-8-17-13)10-12-3-1-6-15-9-12/h1-4,6,8-9H,5,7,10-11,14H2. The molecule has 2 heterocycles. The summed E-state index contributed by atoms with van der Waals surface area (Å²) < 4.78 is 5.35. The van der Waals surface area contributed by atoms with Gasteiger partial charge in [0.15, 0.2) is 0 Å². The first-order chi connectivity index (χ1) is 8.38. The van der Waals surface area contributed by atoms with E-state index >= 15 is 0 Å². The Hall–Kier alpha value is -1.65. The van der Waals surface area contributed by atoms with Crippen molar-refractivity contribution in [1.29, 1.82) is 0 Å². The first kappa shape index (κ1) is 11.8. The molecular weight excluding hydrogens is 214 g/mol. The largest absolute Gasteiger partial charge is 0.468 e. The van der Waals surface area contributed by atoms with Crippen molar-refractivity contribution in [3.8, 4) is 0 Å². The fraction of sp³-hybridized carbons (Fsp3) is 0.308. The fourth-order valence-corrected chi connectivity index (χ4v) is 1.77. The van der Waals surface area contributed by atoms with Crippen LogP contribution in [0, 0.1) is 0 Å². The molecule has 4 heteroatoms. The van der Waals surface area contributed by atoms with Crippen LogP contribution in [-0.2, 0) is 13.1 Å². The highest BCUT2D eigenvalue weighted by Crippen LogP contribution is 2.09. The van der Waals surface area contributed by atoms with Crippen LogP contribution >= 0.6 is 0 Å². The zero-order chi connectivity index (χ0) is 11.9. The van der Waals surface area contributed by atoms with E-state index in [0.29, 0.717) is 6.54 Å². The number of hydrogen-bond acceptors (Lipinski definition) is 4. The summed E-state index contributed by atoms with van der Waals surface area (Å²) in [5, 5.41) is 0. The third kappa shape index (κ3) is 3.69. The summed E-state index contributed by atoms with van der Waals surface area (Å²) in [6.07, 6.45) is 5.36. The van der Waals surface area contributed by atoms with Gasteiger partial charge in [0.25, 0.3) is 0 Å². The fourth-order valence-electron chi connectivity index (χ4n) is 1.77. The lowest BCUT2D eigenvalue weighted by Crippen LogP contribution is -2.28. The highest BCUT2D eigenvalue weighted by atomic mass is 16.3. The Bertz CT molecular complexity index is 413. The minimum Gasteiger partial charge on any atom is -0.468 e. The molecule has 0 spiro atoms. The molecule has 0 radical (unpaired) electrons. The lowest BCUT2D eigenvalue weighted by atomic mass is 10.2. The Morgan fingerprint density at radius 3 is 2.82 bits per heavy atom.